The van der Waals surface area contributed by atoms with E-state index in [2.05, 4.69) is 10.3 Å². The van der Waals surface area contributed by atoms with Gasteiger partial charge in [-0.05, 0) is 12.8 Å². The molecule has 1 N–H and O–H groups in total. The first kappa shape index (κ1) is 10.8. The molecule has 1 aromatic heterocycles. The van der Waals surface area contributed by atoms with Crippen molar-refractivity contribution in [2.45, 2.75) is 31.3 Å². The summed E-state index contributed by atoms with van der Waals surface area (Å²) in [6.45, 7) is 1.67. The normalized spacial score (nSPS) is 28.2. The molecular formula is C12H18N4O. The molecule has 3 rings (SSSR count). The Labute approximate surface area is 101 Å². The average molecular weight is 234 g/mol. The Kier molecular flexibility index (Phi) is 2.63. The molecule has 92 valence electrons. The van der Waals surface area contributed by atoms with E-state index >= 15 is 0 Å². The zero-order valence-electron chi connectivity index (χ0n) is 10.1. The number of imidazole rings is 1. The molecule has 0 saturated carbocycles. The molecule has 5 nitrogen and oxygen atoms in total. The highest BCUT2D eigenvalue weighted by atomic mass is 16.2. The fourth-order valence-corrected chi connectivity index (χ4v) is 2.90. The number of piperazine rings is 1. The first-order valence-electron chi connectivity index (χ1n) is 6.25. The number of likely N-dealkylation sites (tertiary alicyclic amines) is 1. The minimum Gasteiger partial charge on any atom is -0.334 e. The SMILES string of the molecule is Cn1cncc1C(=O)N1CC2CCCC(C1)N2. The predicted octanol–water partition coefficient (Wildman–Crippen LogP) is 0.387. The van der Waals surface area contributed by atoms with E-state index in [9.17, 15) is 4.79 Å². The number of carbonyl (C=O) groups excluding carboxylic acids is 1. The quantitative estimate of drug-likeness (QED) is 0.764. The molecule has 0 aromatic carbocycles. The number of fused-ring (bicyclic) bond motifs is 2. The molecule has 5 heteroatoms. The Morgan fingerprint density at radius 2 is 2.12 bits per heavy atom. The summed E-state index contributed by atoms with van der Waals surface area (Å²) in [5, 5.41) is 3.58. The van der Waals surface area contributed by atoms with Crippen LogP contribution < -0.4 is 5.32 Å². The van der Waals surface area contributed by atoms with Gasteiger partial charge < -0.3 is 14.8 Å². The minimum absolute atomic E-state index is 0.114. The first-order chi connectivity index (χ1) is 8.24. The molecule has 2 atom stereocenters. The second-order valence-electron chi connectivity index (χ2n) is 5.09. The molecule has 2 saturated heterocycles. The molecule has 3 heterocycles. The van der Waals surface area contributed by atoms with E-state index in [-0.39, 0.29) is 5.91 Å². The summed E-state index contributed by atoms with van der Waals surface area (Å²) in [5.74, 6) is 0.114. The van der Waals surface area contributed by atoms with Crippen molar-refractivity contribution in [2.75, 3.05) is 13.1 Å². The molecule has 1 amide bonds. The summed E-state index contributed by atoms with van der Waals surface area (Å²) < 4.78 is 1.79. The lowest BCUT2D eigenvalue weighted by molar-refractivity contribution is 0.0599. The van der Waals surface area contributed by atoms with Gasteiger partial charge in [-0.3, -0.25) is 4.79 Å². The van der Waals surface area contributed by atoms with E-state index in [1.165, 1.54) is 19.3 Å². The smallest absolute Gasteiger partial charge is 0.272 e. The number of carbonyl (C=O) groups is 1. The van der Waals surface area contributed by atoms with Crippen LogP contribution in [0.1, 0.15) is 29.8 Å². The van der Waals surface area contributed by atoms with Gasteiger partial charge in [-0.2, -0.15) is 0 Å². The summed E-state index contributed by atoms with van der Waals surface area (Å²) in [7, 11) is 1.86. The molecule has 2 aliphatic rings. The fraction of sp³-hybridized carbons (Fsp3) is 0.667. The first-order valence-corrected chi connectivity index (χ1v) is 6.25. The van der Waals surface area contributed by atoms with Crippen molar-refractivity contribution < 1.29 is 4.79 Å². The summed E-state index contributed by atoms with van der Waals surface area (Å²) in [6, 6.07) is 0.972. The van der Waals surface area contributed by atoms with E-state index in [0.29, 0.717) is 17.8 Å². The lowest BCUT2D eigenvalue weighted by atomic mass is 9.94. The fourth-order valence-electron chi connectivity index (χ4n) is 2.90. The third-order valence-electron chi connectivity index (χ3n) is 3.78. The van der Waals surface area contributed by atoms with Crippen LogP contribution in [0.15, 0.2) is 12.5 Å². The van der Waals surface area contributed by atoms with Crippen molar-refractivity contribution in [2.24, 2.45) is 7.05 Å². The van der Waals surface area contributed by atoms with Crippen LogP contribution in [0, 0.1) is 0 Å². The Morgan fingerprint density at radius 3 is 2.71 bits per heavy atom. The van der Waals surface area contributed by atoms with Crippen LogP contribution in [0.3, 0.4) is 0 Å². The molecule has 17 heavy (non-hydrogen) atoms. The molecule has 2 aliphatic heterocycles. The number of nitrogens with zero attached hydrogens (tertiary/aromatic N) is 3. The standard InChI is InChI=1S/C12H18N4O/c1-15-8-13-5-11(15)12(17)16-6-9-3-2-4-10(7-16)14-9/h5,8-10,14H,2-4,6-7H2,1H3. The largest absolute Gasteiger partial charge is 0.334 e. The topological polar surface area (TPSA) is 50.2 Å². The molecule has 2 unspecified atom stereocenters. The van der Waals surface area contributed by atoms with Crippen molar-refractivity contribution >= 4 is 5.91 Å². The lowest BCUT2D eigenvalue weighted by Gasteiger charge is -2.42. The van der Waals surface area contributed by atoms with Crippen LogP contribution in [0.25, 0.3) is 0 Å². The third kappa shape index (κ3) is 1.95. The molecule has 0 spiro atoms. The van der Waals surface area contributed by atoms with Gasteiger partial charge >= 0.3 is 0 Å². The van der Waals surface area contributed by atoms with Crippen LogP contribution in [0.4, 0.5) is 0 Å². The number of nitrogens with one attached hydrogen (secondary N) is 1. The Hall–Kier alpha value is -1.36. The van der Waals surface area contributed by atoms with Crippen molar-refractivity contribution in [1.82, 2.24) is 19.8 Å². The number of hydrogen-bond donors (Lipinski definition) is 1. The van der Waals surface area contributed by atoms with Gasteiger partial charge in [0.2, 0.25) is 0 Å². The van der Waals surface area contributed by atoms with Crippen molar-refractivity contribution in [1.29, 1.82) is 0 Å². The maximum atomic E-state index is 12.4. The lowest BCUT2D eigenvalue weighted by Crippen LogP contribution is -2.60. The van der Waals surface area contributed by atoms with Gasteiger partial charge in [0.1, 0.15) is 5.69 Å². The Bertz CT molecular complexity index is 416. The molecule has 0 aliphatic carbocycles. The van der Waals surface area contributed by atoms with Crippen molar-refractivity contribution in [3.05, 3.63) is 18.2 Å². The van der Waals surface area contributed by atoms with E-state index in [1.807, 2.05) is 11.9 Å². The van der Waals surface area contributed by atoms with E-state index < -0.39 is 0 Å². The van der Waals surface area contributed by atoms with Gasteiger partial charge in [-0.1, -0.05) is 6.42 Å². The zero-order valence-corrected chi connectivity index (χ0v) is 10.1. The average Bonchev–Trinajstić information content (AvgIpc) is 2.74. The predicted molar refractivity (Wildman–Crippen MR) is 63.7 cm³/mol. The van der Waals surface area contributed by atoms with E-state index in [4.69, 9.17) is 0 Å². The van der Waals surface area contributed by atoms with Crippen LogP contribution >= 0.6 is 0 Å². The molecule has 2 bridgehead atoms. The highest BCUT2D eigenvalue weighted by Gasteiger charge is 2.32. The summed E-state index contributed by atoms with van der Waals surface area (Å²) in [5.41, 5.74) is 0.685. The van der Waals surface area contributed by atoms with Gasteiger partial charge in [-0.15, -0.1) is 0 Å². The molecule has 2 fully saturated rings. The molecule has 0 radical (unpaired) electrons. The summed E-state index contributed by atoms with van der Waals surface area (Å²) in [4.78, 5) is 18.3. The van der Waals surface area contributed by atoms with Crippen LogP contribution in [0.2, 0.25) is 0 Å². The van der Waals surface area contributed by atoms with E-state index in [0.717, 1.165) is 13.1 Å². The number of aromatic nitrogens is 2. The van der Waals surface area contributed by atoms with Gasteiger partial charge in [0, 0.05) is 32.2 Å². The van der Waals surface area contributed by atoms with E-state index in [1.54, 1.807) is 17.1 Å². The number of aryl methyl sites for hydroxylation is 1. The summed E-state index contributed by atoms with van der Waals surface area (Å²) >= 11 is 0. The monoisotopic (exact) mass is 234 g/mol. The van der Waals surface area contributed by atoms with Crippen molar-refractivity contribution in [3.8, 4) is 0 Å². The Balaban J connectivity index is 1.76. The van der Waals surface area contributed by atoms with Gasteiger partial charge in [0.05, 0.1) is 12.5 Å². The van der Waals surface area contributed by atoms with Crippen LogP contribution in [-0.2, 0) is 7.05 Å². The highest BCUT2D eigenvalue weighted by molar-refractivity contribution is 5.92. The summed E-state index contributed by atoms with van der Waals surface area (Å²) in [6.07, 6.45) is 6.99. The molecule has 1 aromatic rings. The van der Waals surface area contributed by atoms with Gasteiger partial charge in [0.25, 0.3) is 5.91 Å². The Morgan fingerprint density at radius 1 is 1.41 bits per heavy atom. The van der Waals surface area contributed by atoms with Crippen LogP contribution in [-0.4, -0.2) is 45.5 Å². The van der Waals surface area contributed by atoms with Crippen molar-refractivity contribution in [3.63, 3.8) is 0 Å². The maximum absolute atomic E-state index is 12.4. The van der Waals surface area contributed by atoms with Gasteiger partial charge in [-0.25, -0.2) is 4.98 Å². The number of rotatable bonds is 1. The number of hydrogen-bond acceptors (Lipinski definition) is 3. The van der Waals surface area contributed by atoms with Gasteiger partial charge in [0.15, 0.2) is 0 Å². The second-order valence-corrected chi connectivity index (χ2v) is 5.09. The molecular weight excluding hydrogens is 216 g/mol. The second kappa shape index (κ2) is 4.14. The third-order valence-corrected chi connectivity index (χ3v) is 3.78. The number of amides is 1. The van der Waals surface area contributed by atoms with Crippen LogP contribution in [0.5, 0.6) is 0 Å². The zero-order chi connectivity index (χ0) is 11.8. The number of piperidine rings is 1. The maximum Gasteiger partial charge on any atom is 0.272 e. The minimum atomic E-state index is 0.114. The highest BCUT2D eigenvalue weighted by Crippen LogP contribution is 2.20.